The van der Waals surface area contributed by atoms with Crippen LogP contribution in [0.4, 0.5) is 5.69 Å². The molecule has 0 unspecified atom stereocenters. The van der Waals surface area contributed by atoms with Gasteiger partial charge < -0.3 is 10.3 Å². The molecule has 0 saturated heterocycles. The smallest absolute Gasteiger partial charge is 0.0640 e. The van der Waals surface area contributed by atoms with Crippen LogP contribution >= 0.6 is 11.6 Å². The molecule has 3 aromatic rings. The minimum atomic E-state index is 0.762. The van der Waals surface area contributed by atoms with Crippen molar-refractivity contribution < 1.29 is 0 Å². The van der Waals surface area contributed by atoms with Crippen LogP contribution in [0.3, 0.4) is 0 Å². The Morgan fingerprint density at radius 1 is 1.16 bits per heavy atom. The molecule has 96 valence electrons. The maximum Gasteiger partial charge on any atom is 0.0640 e. The number of hydrogen-bond donors (Lipinski definition) is 2. The summed E-state index contributed by atoms with van der Waals surface area (Å²) in [5, 5.41) is 5.41. The van der Waals surface area contributed by atoms with Crippen LogP contribution in [0.25, 0.3) is 10.9 Å². The van der Waals surface area contributed by atoms with E-state index < -0.39 is 0 Å². The second-order valence-electron chi connectivity index (χ2n) is 4.69. The predicted octanol–water partition coefficient (Wildman–Crippen LogP) is 4.74. The van der Waals surface area contributed by atoms with Gasteiger partial charge in [0.05, 0.1) is 10.7 Å². The van der Waals surface area contributed by atoms with Crippen LogP contribution in [0.5, 0.6) is 0 Å². The van der Waals surface area contributed by atoms with E-state index in [-0.39, 0.29) is 0 Å². The van der Waals surface area contributed by atoms with Crippen LogP contribution in [0.1, 0.15) is 11.1 Å². The van der Waals surface area contributed by atoms with Crippen molar-refractivity contribution in [2.24, 2.45) is 0 Å². The van der Waals surface area contributed by atoms with Gasteiger partial charge in [0.15, 0.2) is 0 Å². The fraction of sp³-hybridized carbons (Fsp3) is 0.125. The first-order valence-electron chi connectivity index (χ1n) is 6.29. The van der Waals surface area contributed by atoms with E-state index in [1.54, 1.807) is 0 Å². The minimum Gasteiger partial charge on any atom is -0.380 e. The van der Waals surface area contributed by atoms with Gasteiger partial charge in [0.1, 0.15) is 0 Å². The minimum absolute atomic E-state index is 0.762. The van der Waals surface area contributed by atoms with Crippen LogP contribution in [-0.2, 0) is 6.54 Å². The van der Waals surface area contributed by atoms with Crippen LogP contribution in [0.15, 0.2) is 48.7 Å². The first kappa shape index (κ1) is 12.1. The van der Waals surface area contributed by atoms with Crippen molar-refractivity contribution in [2.75, 3.05) is 5.32 Å². The molecule has 2 N–H and O–H groups in total. The van der Waals surface area contributed by atoms with Gasteiger partial charge in [-0.3, -0.25) is 0 Å². The Bertz CT molecular complexity index is 716. The lowest BCUT2D eigenvalue weighted by atomic mass is 10.1. The average molecular weight is 271 g/mol. The molecular formula is C16H15ClN2. The number of aromatic nitrogens is 1. The SMILES string of the molecule is Cc1ccc(NCc2cccc3[nH]ccc23)c(Cl)c1. The Kier molecular flexibility index (Phi) is 3.18. The summed E-state index contributed by atoms with van der Waals surface area (Å²) in [6.45, 7) is 2.80. The molecule has 0 aliphatic carbocycles. The molecule has 0 aliphatic heterocycles. The number of aromatic amines is 1. The van der Waals surface area contributed by atoms with Crippen LogP contribution < -0.4 is 5.32 Å². The number of H-pyrrole nitrogens is 1. The number of fused-ring (bicyclic) bond motifs is 1. The molecule has 3 rings (SSSR count). The summed E-state index contributed by atoms with van der Waals surface area (Å²) in [5.74, 6) is 0. The van der Waals surface area contributed by atoms with E-state index in [4.69, 9.17) is 11.6 Å². The summed E-state index contributed by atoms with van der Waals surface area (Å²) < 4.78 is 0. The van der Waals surface area contributed by atoms with Gasteiger partial charge in [0.25, 0.3) is 0 Å². The summed E-state index contributed by atoms with van der Waals surface area (Å²) in [6, 6.07) is 14.4. The largest absolute Gasteiger partial charge is 0.380 e. The molecule has 0 saturated carbocycles. The highest BCUT2D eigenvalue weighted by molar-refractivity contribution is 6.33. The fourth-order valence-electron chi connectivity index (χ4n) is 2.26. The van der Waals surface area contributed by atoms with E-state index >= 15 is 0 Å². The van der Waals surface area contributed by atoms with E-state index in [0.717, 1.165) is 22.8 Å². The van der Waals surface area contributed by atoms with Gasteiger partial charge in [-0.1, -0.05) is 29.8 Å². The molecular weight excluding hydrogens is 256 g/mol. The monoisotopic (exact) mass is 270 g/mol. The Morgan fingerprint density at radius 2 is 2.05 bits per heavy atom. The standard InChI is InChI=1S/C16H15ClN2/c1-11-5-6-16(14(17)9-11)19-10-12-3-2-4-15-13(12)7-8-18-15/h2-9,18-19H,10H2,1H3. The van der Waals surface area contributed by atoms with Crippen LogP contribution in [-0.4, -0.2) is 4.98 Å². The van der Waals surface area contributed by atoms with Gasteiger partial charge in [0, 0.05) is 23.6 Å². The zero-order valence-electron chi connectivity index (χ0n) is 10.7. The molecule has 0 bridgehead atoms. The Hall–Kier alpha value is -1.93. The highest BCUT2D eigenvalue weighted by atomic mass is 35.5. The molecule has 2 aromatic carbocycles. The lowest BCUT2D eigenvalue weighted by Crippen LogP contribution is -2.00. The number of benzene rings is 2. The maximum absolute atomic E-state index is 6.22. The number of anilines is 1. The lowest BCUT2D eigenvalue weighted by molar-refractivity contribution is 1.17. The highest BCUT2D eigenvalue weighted by Gasteiger charge is 2.03. The van der Waals surface area contributed by atoms with Gasteiger partial charge in [-0.25, -0.2) is 0 Å². The quantitative estimate of drug-likeness (QED) is 0.707. The van der Waals surface area contributed by atoms with Crippen LogP contribution in [0, 0.1) is 6.92 Å². The summed E-state index contributed by atoms with van der Waals surface area (Å²) in [6.07, 6.45) is 1.97. The third-order valence-corrected chi connectivity index (χ3v) is 3.59. The summed E-state index contributed by atoms with van der Waals surface area (Å²) in [4.78, 5) is 3.22. The molecule has 0 radical (unpaired) electrons. The number of halogens is 1. The van der Waals surface area contributed by atoms with Gasteiger partial charge in [0.2, 0.25) is 0 Å². The molecule has 0 spiro atoms. The van der Waals surface area contributed by atoms with Crippen molar-refractivity contribution in [1.82, 2.24) is 4.98 Å². The fourth-order valence-corrected chi connectivity index (χ4v) is 2.56. The highest BCUT2D eigenvalue weighted by Crippen LogP contribution is 2.24. The Balaban J connectivity index is 1.84. The summed E-state index contributed by atoms with van der Waals surface area (Å²) >= 11 is 6.22. The third-order valence-electron chi connectivity index (χ3n) is 3.28. The molecule has 2 nitrogen and oxygen atoms in total. The first-order valence-corrected chi connectivity index (χ1v) is 6.67. The Morgan fingerprint density at radius 3 is 2.89 bits per heavy atom. The Labute approximate surface area is 117 Å². The number of rotatable bonds is 3. The average Bonchev–Trinajstić information content (AvgIpc) is 2.86. The predicted molar refractivity (Wildman–Crippen MR) is 81.8 cm³/mol. The molecule has 1 heterocycles. The molecule has 0 aliphatic rings. The summed E-state index contributed by atoms with van der Waals surface area (Å²) in [7, 11) is 0. The van der Waals surface area contributed by atoms with E-state index in [9.17, 15) is 0 Å². The van der Waals surface area contributed by atoms with Gasteiger partial charge in [-0.2, -0.15) is 0 Å². The maximum atomic E-state index is 6.22. The van der Waals surface area contributed by atoms with Crippen molar-refractivity contribution >= 4 is 28.2 Å². The normalized spacial score (nSPS) is 10.8. The molecule has 0 fully saturated rings. The van der Waals surface area contributed by atoms with Crippen molar-refractivity contribution in [3.8, 4) is 0 Å². The van der Waals surface area contributed by atoms with Crippen molar-refractivity contribution in [3.05, 3.63) is 64.8 Å². The summed E-state index contributed by atoms with van der Waals surface area (Å²) in [5.41, 5.74) is 4.56. The van der Waals surface area contributed by atoms with Gasteiger partial charge in [-0.15, -0.1) is 0 Å². The van der Waals surface area contributed by atoms with Gasteiger partial charge in [-0.05, 0) is 42.3 Å². The number of hydrogen-bond acceptors (Lipinski definition) is 1. The zero-order valence-corrected chi connectivity index (χ0v) is 11.5. The third kappa shape index (κ3) is 2.45. The lowest BCUT2D eigenvalue weighted by Gasteiger charge is -2.10. The zero-order chi connectivity index (χ0) is 13.2. The van der Waals surface area contributed by atoms with E-state index in [1.807, 2.05) is 25.3 Å². The molecule has 19 heavy (non-hydrogen) atoms. The second kappa shape index (κ2) is 4.98. The molecule has 1 aromatic heterocycles. The second-order valence-corrected chi connectivity index (χ2v) is 5.10. The van der Waals surface area contributed by atoms with Crippen LogP contribution in [0.2, 0.25) is 5.02 Å². The molecule has 0 amide bonds. The van der Waals surface area contributed by atoms with Crippen molar-refractivity contribution in [2.45, 2.75) is 13.5 Å². The van der Waals surface area contributed by atoms with Crippen molar-refractivity contribution in [1.29, 1.82) is 0 Å². The molecule has 0 atom stereocenters. The van der Waals surface area contributed by atoms with Crippen molar-refractivity contribution in [3.63, 3.8) is 0 Å². The number of nitrogens with one attached hydrogen (secondary N) is 2. The molecule has 3 heteroatoms. The van der Waals surface area contributed by atoms with Gasteiger partial charge >= 0.3 is 0 Å². The first-order chi connectivity index (χ1) is 9.24. The number of aryl methyl sites for hydroxylation is 1. The van der Waals surface area contributed by atoms with E-state index in [1.165, 1.54) is 16.5 Å². The van der Waals surface area contributed by atoms with E-state index in [0.29, 0.717) is 0 Å². The van der Waals surface area contributed by atoms with E-state index in [2.05, 4.69) is 40.6 Å². The topological polar surface area (TPSA) is 27.8 Å².